The van der Waals surface area contributed by atoms with Crippen molar-refractivity contribution < 1.29 is 14.3 Å². The number of anilines is 1. The molecule has 158 valence electrons. The van der Waals surface area contributed by atoms with Gasteiger partial charge in [-0.2, -0.15) is 0 Å². The van der Waals surface area contributed by atoms with E-state index in [4.69, 9.17) is 4.74 Å². The highest BCUT2D eigenvalue weighted by Crippen LogP contribution is 2.34. The van der Waals surface area contributed by atoms with Crippen LogP contribution >= 0.6 is 15.9 Å². The summed E-state index contributed by atoms with van der Waals surface area (Å²) >= 11 is 3.41. The second-order valence-electron chi connectivity index (χ2n) is 7.79. The molecule has 2 aliphatic heterocycles. The summed E-state index contributed by atoms with van der Waals surface area (Å²) in [4.78, 5) is 29.0. The quantitative estimate of drug-likeness (QED) is 0.701. The van der Waals surface area contributed by atoms with Crippen LogP contribution in [0.1, 0.15) is 24.8 Å². The van der Waals surface area contributed by atoms with E-state index in [9.17, 15) is 9.59 Å². The molecule has 0 spiro atoms. The Morgan fingerprint density at radius 1 is 1.17 bits per heavy atom. The molecule has 0 aliphatic carbocycles. The first-order chi connectivity index (χ1) is 14.6. The number of rotatable bonds is 6. The Bertz CT molecular complexity index is 906. The van der Waals surface area contributed by atoms with E-state index in [0.29, 0.717) is 24.0 Å². The molecule has 7 heteroatoms. The highest BCUT2D eigenvalue weighted by Gasteiger charge is 2.28. The molecule has 2 aliphatic rings. The minimum absolute atomic E-state index is 0.00221. The molecule has 1 N–H and O–H groups in total. The van der Waals surface area contributed by atoms with E-state index in [1.807, 2.05) is 18.2 Å². The Balaban J connectivity index is 1.35. The van der Waals surface area contributed by atoms with Crippen LogP contribution in [0, 0.1) is 0 Å². The van der Waals surface area contributed by atoms with Gasteiger partial charge in [0.2, 0.25) is 5.91 Å². The number of ether oxygens (including phenoxy) is 1. The first-order valence-corrected chi connectivity index (χ1v) is 11.2. The number of halogens is 1. The summed E-state index contributed by atoms with van der Waals surface area (Å²) in [5.41, 5.74) is 1.92. The van der Waals surface area contributed by atoms with Gasteiger partial charge in [-0.05, 0) is 43.1 Å². The lowest BCUT2D eigenvalue weighted by atomic mass is 10.0. The molecular weight excluding hydrogens is 446 g/mol. The number of likely N-dealkylation sites (tertiary alicyclic amines) is 1. The molecule has 6 nitrogen and oxygen atoms in total. The number of amides is 2. The molecule has 2 aromatic rings. The SMILES string of the molecule is O=C(CN1C(=O)COc2cc(Br)ccc21)NCC1CCCCN1Cc1ccccc1. The van der Waals surface area contributed by atoms with Gasteiger partial charge in [0.1, 0.15) is 12.3 Å². The molecule has 2 aromatic carbocycles. The highest BCUT2D eigenvalue weighted by molar-refractivity contribution is 9.10. The molecule has 1 fully saturated rings. The molecule has 0 bridgehead atoms. The molecule has 1 saturated heterocycles. The molecule has 1 unspecified atom stereocenters. The maximum absolute atomic E-state index is 12.7. The number of hydrogen-bond donors (Lipinski definition) is 1. The van der Waals surface area contributed by atoms with Gasteiger partial charge < -0.3 is 10.1 Å². The number of fused-ring (bicyclic) bond motifs is 1. The van der Waals surface area contributed by atoms with E-state index < -0.39 is 0 Å². The molecule has 0 aromatic heterocycles. The zero-order valence-corrected chi connectivity index (χ0v) is 18.4. The summed E-state index contributed by atoms with van der Waals surface area (Å²) in [6, 6.07) is 16.2. The van der Waals surface area contributed by atoms with Crippen molar-refractivity contribution in [1.29, 1.82) is 0 Å². The third kappa shape index (κ3) is 5.02. The fraction of sp³-hybridized carbons (Fsp3) is 0.391. The fourth-order valence-electron chi connectivity index (χ4n) is 4.10. The largest absolute Gasteiger partial charge is 0.482 e. The Morgan fingerprint density at radius 2 is 2.00 bits per heavy atom. The van der Waals surface area contributed by atoms with Gasteiger partial charge in [0.25, 0.3) is 5.91 Å². The van der Waals surface area contributed by atoms with Crippen molar-refractivity contribution in [1.82, 2.24) is 10.2 Å². The van der Waals surface area contributed by atoms with Crippen LogP contribution in [0.3, 0.4) is 0 Å². The first kappa shape index (κ1) is 20.9. The summed E-state index contributed by atoms with van der Waals surface area (Å²) in [6.07, 6.45) is 3.43. The van der Waals surface area contributed by atoms with Gasteiger partial charge in [-0.1, -0.05) is 52.7 Å². The maximum atomic E-state index is 12.7. The second kappa shape index (κ2) is 9.62. The van der Waals surface area contributed by atoms with Crippen LogP contribution in [0.2, 0.25) is 0 Å². The third-order valence-corrected chi connectivity index (χ3v) is 6.17. The van der Waals surface area contributed by atoms with Gasteiger partial charge in [-0.3, -0.25) is 19.4 Å². The zero-order chi connectivity index (χ0) is 20.9. The maximum Gasteiger partial charge on any atom is 0.265 e. The van der Waals surface area contributed by atoms with Gasteiger partial charge in [-0.25, -0.2) is 0 Å². The Morgan fingerprint density at radius 3 is 2.83 bits per heavy atom. The van der Waals surface area contributed by atoms with Gasteiger partial charge in [0, 0.05) is 23.6 Å². The molecule has 4 rings (SSSR count). The fourth-order valence-corrected chi connectivity index (χ4v) is 4.44. The number of hydrogen-bond acceptors (Lipinski definition) is 4. The van der Waals surface area contributed by atoms with Crippen LogP contribution in [0.5, 0.6) is 5.75 Å². The number of piperidine rings is 1. The van der Waals surface area contributed by atoms with Crippen molar-refractivity contribution in [3.05, 3.63) is 58.6 Å². The van der Waals surface area contributed by atoms with Crippen molar-refractivity contribution in [2.24, 2.45) is 0 Å². The normalized spacial score (nSPS) is 19.2. The average molecular weight is 472 g/mol. The van der Waals surface area contributed by atoms with Crippen molar-refractivity contribution in [2.45, 2.75) is 31.8 Å². The number of nitrogens with zero attached hydrogens (tertiary/aromatic N) is 2. The van der Waals surface area contributed by atoms with E-state index in [2.05, 4.69) is 50.4 Å². The predicted molar refractivity (Wildman–Crippen MR) is 119 cm³/mol. The Labute approximate surface area is 185 Å². The van der Waals surface area contributed by atoms with Crippen LogP contribution in [-0.2, 0) is 16.1 Å². The minimum Gasteiger partial charge on any atom is -0.482 e. The summed E-state index contributed by atoms with van der Waals surface area (Å²) in [6.45, 7) is 2.48. The molecule has 30 heavy (non-hydrogen) atoms. The van der Waals surface area contributed by atoms with Crippen LogP contribution in [0.15, 0.2) is 53.0 Å². The Kier molecular flexibility index (Phi) is 6.69. The van der Waals surface area contributed by atoms with Gasteiger partial charge in [0.05, 0.1) is 5.69 Å². The van der Waals surface area contributed by atoms with Crippen molar-refractivity contribution in [2.75, 3.05) is 31.1 Å². The lowest BCUT2D eigenvalue weighted by molar-refractivity contribution is -0.125. The number of carbonyl (C=O) groups is 2. The van der Waals surface area contributed by atoms with Gasteiger partial charge in [0.15, 0.2) is 6.61 Å². The standard InChI is InChI=1S/C23H26BrN3O3/c24-18-9-10-20-21(12-18)30-16-23(29)27(20)15-22(28)25-13-19-8-4-5-11-26(19)14-17-6-2-1-3-7-17/h1-3,6-7,9-10,12,19H,4-5,8,11,13-16H2,(H,25,28). The van der Waals surface area contributed by atoms with Crippen LogP contribution in [0.25, 0.3) is 0 Å². The number of nitrogens with one attached hydrogen (secondary N) is 1. The topological polar surface area (TPSA) is 61.9 Å². The van der Waals surface area contributed by atoms with E-state index in [-0.39, 0.29) is 25.0 Å². The molecule has 0 radical (unpaired) electrons. The lowest BCUT2D eigenvalue weighted by Crippen LogP contribution is -2.49. The van der Waals surface area contributed by atoms with Crippen molar-refractivity contribution in [3.8, 4) is 5.75 Å². The summed E-state index contributed by atoms with van der Waals surface area (Å²) in [7, 11) is 0. The zero-order valence-electron chi connectivity index (χ0n) is 16.9. The lowest BCUT2D eigenvalue weighted by Gasteiger charge is -2.36. The predicted octanol–water partition coefficient (Wildman–Crippen LogP) is 3.35. The highest BCUT2D eigenvalue weighted by atomic mass is 79.9. The molecule has 1 atom stereocenters. The van der Waals surface area contributed by atoms with Crippen LogP contribution in [-0.4, -0.2) is 49.0 Å². The van der Waals surface area contributed by atoms with E-state index in [1.165, 1.54) is 23.3 Å². The van der Waals surface area contributed by atoms with Crippen molar-refractivity contribution >= 4 is 33.4 Å². The Hall–Kier alpha value is -2.38. The number of carbonyl (C=O) groups excluding carboxylic acids is 2. The summed E-state index contributed by atoms with van der Waals surface area (Å²) in [5, 5.41) is 3.05. The second-order valence-corrected chi connectivity index (χ2v) is 8.71. The van der Waals surface area contributed by atoms with Gasteiger partial charge >= 0.3 is 0 Å². The van der Waals surface area contributed by atoms with Crippen LogP contribution < -0.4 is 15.0 Å². The third-order valence-electron chi connectivity index (χ3n) is 5.68. The van der Waals surface area contributed by atoms with Crippen LogP contribution in [0.4, 0.5) is 5.69 Å². The van der Waals surface area contributed by atoms with Gasteiger partial charge in [-0.15, -0.1) is 0 Å². The molecule has 0 saturated carbocycles. The minimum atomic E-state index is -0.205. The van der Waals surface area contributed by atoms with Crippen molar-refractivity contribution in [3.63, 3.8) is 0 Å². The van der Waals surface area contributed by atoms with E-state index >= 15 is 0 Å². The molecular formula is C23H26BrN3O3. The van der Waals surface area contributed by atoms with E-state index in [0.717, 1.165) is 24.0 Å². The summed E-state index contributed by atoms with van der Waals surface area (Å²) in [5.74, 6) is 0.255. The molecule has 2 amide bonds. The number of benzene rings is 2. The first-order valence-electron chi connectivity index (χ1n) is 10.4. The van der Waals surface area contributed by atoms with E-state index in [1.54, 1.807) is 6.07 Å². The average Bonchev–Trinajstić information content (AvgIpc) is 2.76. The monoisotopic (exact) mass is 471 g/mol. The smallest absolute Gasteiger partial charge is 0.265 e. The summed E-state index contributed by atoms with van der Waals surface area (Å²) < 4.78 is 6.37. The molecule has 2 heterocycles.